The van der Waals surface area contributed by atoms with Crippen LogP contribution in [0.1, 0.15) is 85.3 Å². The van der Waals surface area contributed by atoms with Crippen LogP contribution in [-0.4, -0.2) is 49.0 Å². The van der Waals surface area contributed by atoms with E-state index in [0.29, 0.717) is 31.2 Å². The maximum atomic E-state index is 12.3. The number of hydrogen-bond donors (Lipinski definition) is 4. The Morgan fingerprint density at radius 1 is 1.08 bits per heavy atom. The fraction of sp³-hybridized carbons (Fsp3) is 0.724. The minimum Gasteiger partial charge on any atom is -0.482 e. The third-order valence-electron chi connectivity index (χ3n) is 6.70. The SMILES string of the molecule is CCCCNC(=O)C(S)CC(N)C(N)CC(Cc1ccc(C(C)(C)C)c(OCC(=O)OCC)c1)C(C)C. The molecule has 0 bridgehead atoms. The standard InChI is InChI=1S/C29H51N3O4S/c1-8-10-13-32-28(34)26(37)17-24(31)23(30)16-21(19(3)4)14-20-11-12-22(29(5,6)7)25(15-20)36-18-27(33)35-9-2/h11-12,15,19,21,23-24,26,37H,8-10,13-14,16-18,30-31H2,1-7H3,(H,32,34). The van der Waals surface area contributed by atoms with Gasteiger partial charge in [-0.2, -0.15) is 12.6 Å². The Bertz CT molecular complexity index is 841. The Kier molecular flexibility index (Phi) is 14.6. The summed E-state index contributed by atoms with van der Waals surface area (Å²) in [5, 5.41) is 2.44. The molecular weight excluding hydrogens is 486 g/mol. The molecule has 1 aromatic rings. The van der Waals surface area contributed by atoms with Crippen LogP contribution >= 0.6 is 12.6 Å². The zero-order valence-corrected chi connectivity index (χ0v) is 24.9. The summed E-state index contributed by atoms with van der Waals surface area (Å²) in [6, 6.07) is 5.67. The van der Waals surface area contributed by atoms with Gasteiger partial charge in [0.2, 0.25) is 5.91 Å². The molecule has 0 aromatic heterocycles. The molecular formula is C29H51N3O4S. The number of carbonyl (C=O) groups is 2. The van der Waals surface area contributed by atoms with Crippen LogP contribution in [0, 0.1) is 11.8 Å². The summed E-state index contributed by atoms with van der Waals surface area (Å²) in [7, 11) is 0. The molecule has 212 valence electrons. The number of esters is 1. The van der Waals surface area contributed by atoms with Gasteiger partial charge in [0, 0.05) is 18.6 Å². The molecule has 8 heteroatoms. The van der Waals surface area contributed by atoms with E-state index >= 15 is 0 Å². The molecule has 0 fully saturated rings. The molecule has 4 atom stereocenters. The lowest BCUT2D eigenvalue weighted by atomic mass is 9.81. The van der Waals surface area contributed by atoms with Crippen molar-refractivity contribution in [2.75, 3.05) is 19.8 Å². The summed E-state index contributed by atoms with van der Waals surface area (Å²) in [5.41, 5.74) is 15.0. The Labute approximate surface area is 230 Å². The van der Waals surface area contributed by atoms with Gasteiger partial charge < -0.3 is 26.3 Å². The molecule has 0 aliphatic carbocycles. The van der Waals surface area contributed by atoms with Crippen molar-refractivity contribution in [2.24, 2.45) is 23.3 Å². The second kappa shape index (κ2) is 16.2. The van der Waals surface area contributed by atoms with Crippen LogP contribution in [0.25, 0.3) is 0 Å². The topological polar surface area (TPSA) is 117 Å². The van der Waals surface area contributed by atoms with Gasteiger partial charge in [-0.15, -0.1) is 0 Å². The van der Waals surface area contributed by atoms with E-state index in [1.807, 2.05) is 6.07 Å². The van der Waals surface area contributed by atoms with E-state index in [2.05, 4.69) is 71.6 Å². The summed E-state index contributed by atoms with van der Waals surface area (Å²) >= 11 is 4.47. The van der Waals surface area contributed by atoms with Crippen LogP contribution in [0.3, 0.4) is 0 Å². The minimum atomic E-state index is -0.473. The maximum Gasteiger partial charge on any atom is 0.344 e. The average molecular weight is 538 g/mol. The molecule has 0 saturated carbocycles. The van der Waals surface area contributed by atoms with Gasteiger partial charge in [0.05, 0.1) is 11.9 Å². The average Bonchev–Trinajstić information content (AvgIpc) is 2.81. The van der Waals surface area contributed by atoms with E-state index in [1.165, 1.54) is 0 Å². The molecule has 0 aliphatic rings. The Morgan fingerprint density at radius 2 is 1.73 bits per heavy atom. The summed E-state index contributed by atoms with van der Waals surface area (Å²) in [5.74, 6) is 0.904. The van der Waals surface area contributed by atoms with Crippen molar-refractivity contribution in [3.63, 3.8) is 0 Å². The Balaban J connectivity index is 2.91. The van der Waals surface area contributed by atoms with Gasteiger partial charge in [0.15, 0.2) is 6.61 Å². The highest BCUT2D eigenvalue weighted by Gasteiger charge is 2.26. The van der Waals surface area contributed by atoms with Crippen LogP contribution in [0.4, 0.5) is 0 Å². The summed E-state index contributed by atoms with van der Waals surface area (Å²) in [6.07, 6.45) is 3.94. The highest BCUT2D eigenvalue weighted by Crippen LogP contribution is 2.34. The fourth-order valence-corrected chi connectivity index (χ4v) is 4.57. The Morgan fingerprint density at radius 3 is 2.30 bits per heavy atom. The molecule has 1 aromatic carbocycles. The van der Waals surface area contributed by atoms with Crippen molar-refractivity contribution in [1.82, 2.24) is 5.32 Å². The van der Waals surface area contributed by atoms with Crippen LogP contribution < -0.4 is 21.5 Å². The van der Waals surface area contributed by atoms with Gasteiger partial charge in [-0.25, -0.2) is 4.79 Å². The number of nitrogens with two attached hydrogens (primary N) is 2. The van der Waals surface area contributed by atoms with E-state index in [1.54, 1.807) is 6.92 Å². The maximum absolute atomic E-state index is 12.3. The van der Waals surface area contributed by atoms with Gasteiger partial charge in [0.1, 0.15) is 5.75 Å². The van der Waals surface area contributed by atoms with Crippen LogP contribution in [0.5, 0.6) is 5.75 Å². The molecule has 1 amide bonds. The monoisotopic (exact) mass is 537 g/mol. The smallest absolute Gasteiger partial charge is 0.344 e. The minimum absolute atomic E-state index is 0.0888. The second-order valence-electron chi connectivity index (χ2n) is 11.3. The quantitative estimate of drug-likeness (QED) is 0.141. The molecule has 0 aliphatic heterocycles. The first-order chi connectivity index (χ1) is 17.3. The third kappa shape index (κ3) is 12.1. The third-order valence-corrected chi connectivity index (χ3v) is 7.14. The van der Waals surface area contributed by atoms with Gasteiger partial charge in [-0.3, -0.25) is 4.79 Å². The summed E-state index contributed by atoms with van der Waals surface area (Å²) < 4.78 is 10.9. The van der Waals surface area contributed by atoms with E-state index in [0.717, 1.165) is 36.8 Å². The van der Waals surface area contributed by atoms with Gasteiger partial charge >= 0.3 is 5.97 Å². The molecule has 0 spiro atoms. The fourth-order valence-electron chi connectivity index (χ4n) is 4.24. The van der Waals surface area contributed by atoms with E-state index < -0.39 is 5.25 Å². The highest BCUT2D eigenvalue weighted by atomic mass is 32.1. The highest BCUT2D eigenvalue weighted by molar-refractivity contribution is 7.81. The molecule has 0 saturated heterocycles. The van der Waals surface area contributed by atoms with Crippen LogP contribution in [-0.2, 0) is 26.2 Å². The van der Waals surface area contributed by atoms with Gasteiger partial charge in [0.25, 0.3) is 0 Å². The molecule has 7 nitrogen and oxygen atoms in total. The molecule has 5 N–H and O–H groups in total. The first-order valence-electron chi connectivity index (χ1n) is 13.7. The number of unbranched alkanes of at least 4 members (excludes halogenated alkanes) is 1. The zero-order valence-electron chi connectivity index (χ0n) is 24.0. The number of hydrogen-bond acceptors (Lipinski definition) is 7. The van der Waals surface area contributed by atoms with Crippen molar-refractivity contribution >= 4 is 24.5 Å². The zero-order chi connectivity index (χ0) is 28.2. The number of rotatable bonds is 16. The normalized spacial score (nSPS) is 15.1. The lowest BCUT2D eigenvalue weighted by Gasteiger charge is -2.29. The number of carbonyl (C=O) groups excluding carboxylic acids is 2. The number of ether oxygens (including phenoxy) is 2. The van der Waals surface area contributed by atoms with Crippen molar-refractivity contribution < 1.29 is 19.1 Å². The molecule has 0 radical (unpaired) electrons. The largest absolute Gasteiger partial charge is 0.482 e. The lowest BCUT2D eigenvalue weighted by Crippen LogP contribution is -2.46. The molecule has 37 heavy (non-hydrogen) atoms. The van der Waals surface area contributed by atoms with Crippen LogP contribution in [0.15, 0.2) is 18.2 Å². The van der Waals surface area contributed by atoms with Crippen LogP contribution in [0.2, 0.25) is 0 Å². The van der Waals surface area contributed by atoms with Crippen molar-refractivity contribution in [2.45, 2.75) is 103 Å². The van der Waals surface area contributed by atoms with E-state index in [-0.39, 0.29) is 41.9 Å². The lowest BCUT2D eigenvalue weighted by molar-refractivity contribution is -0.145. The number of amides is 1. The van der Waals surface area contributed by atoms with E-state index in [4.69, 9.17) is 20.9 Å². The number of nitrogens with one attached hydrogen (secondary N) is 1. The van der Waals surface area contributed by atoms with E-state index in [9.17, 15) is 9.59 Å². The van der Waals surface area contributed by atoms with Crippen molar-refractivity contribution in [1.29, 1.82) is 0 Å². The Hall–Kier alpha value is -1.77. The van der Waals surface area contributed by atoms with Crippen molar-refractivity contribution in [3.05, 3.63) is 29.3 Å². The molecule has 4 unspecified atom stereocenters. The van der Waals surface area contributed by atoms with Crippen molar-refractivity contribution in [3.8, 4) is 5.75 Å². The first-order valence-corrected chi connectivity index (χ1v) is 14.2. The summed E-state index contributed by atoms with van der Waals surface area (Å²) in [6.45, 7) is 15.5. The molecule has 0 heterocycles. The predicted molar refractivity (Wildman–Crippen MR) is 155 cm³/mol. The summed E-state index contributed by atoms with van der Waals surface area (Å²) in [4.78, 5) is 24.2. The van der Waals surface area contributed by atoms with Gasteiger partial charge in [-0.05, 0) is 67.1 Å². The van der Waals surface area contributed by atoms with Gasteiger partial charge in [-0.1, -0.05) is 60.1 Å². The number of thiol groups is 1. The molecule has 1 rings (SSSR count). The number of benzene rings is 1. The predicted octanol–water partition coefficient (Wildman–Crippen LogP) is 4.39. The first kappa shape index (κ1) is 33.3. The second-order valence-corrected chi connectivity index (χ2v) is 12.0.